The maximum absolute atomic E-state index is 11.9. The van der Waals surface area contributed by atoms with Gasteiger partial charge in [0.15, 0.2) is 0 Å². The Bertz CT molecular complexity index is 668. The molecule has 0 atom stereocenters. The van der Waals surface area contributed by atoms with E-state index in [0.717, 1.165) is 11.3 Å². The minimum Gasteiger partial charge on any atom is -0.267 e. The van der Waals surface area contributed by atoms with E-state index < -0.39 is 0 Å². The molecule has 0 aliphatic carbocycles. The number of carbonyl (C=O) groups excluding carboxylic acids is 1. The molecule has 0 saturated heterocycles. The van der Waals surface area contributed by atoms with Crippen LogP contribution in [-0.4, -0.2) is 16.6 Å². The summed E-state index contributed by atoms with van der Waals surface area (Å²) >= 11 is 0. The van der Waals surface area contributed by atoms with Gasteiger partial charge in [-0.25, -0.2) is 5.43 Å². The molecule has 1 aromatic heterocycles. The molecule has 0 unspecified atom stereocenters. The summed E-state index contributed by atoms with van der Waals surface area (Å²) in [5, 5.41) is 4.15. The van der Waals surface area contributed by atoms with Crippen molar-refractivity contribution in [3.05, 3.63) is 65.5 Å². The predicted molar refractivity (Wildman–Crippen MR) is 89.1 cm³/mol. The Labute approximate surface area is 131 Å². The summed E-state index contributed by atoms with van der Waals surface area (Å²) in [6, 6.07) is 11.7. The Balaban J connectivity index is 2.08. The highest BCUT2D eigenvalue weighted by Gasteiger charge is 2.13. The summed E-state index contributed by atoms with van der Waals surface area (Å²) in [6.07, 6.45) is 3.14. The van der Waals surface area contributed by atoms with Gasteiger partial charge in [0.1, 0.15) is 0 Å². The summed E-state index contributed by atoms with van der Waals surface area (Å²) < 4.78 is 0. The zero-order valence-electron chi connectivity index (χ0n) is 13.4. The van der Waals surface area contributed by atoms with E-state index >= 15 is 0 Å². The van der Waals surface area contributed by atoms with E-state index in [4.69, 9.17) is 0 Å². The van der Waals surface area contributed by atoms with E-state index in [1.54, 1.807) is 18.3 Å². The molecule has 2 aromatic rings. The third-order valence-corrected chi connectivity index (χ3v) is 3.42. The molecule has 0 aliphatic rings. The largest absolute Gasteiger partial charge is 0.272 e. The lowest BCUT2D eigenvalue weighted by Gasteiger charge is -2.19. The first-order valence-corrected chi connectivity index (χ1v) is 7.23. The van der Waals surface area contributed by atoms with Crippen molar-refractivity contribution in [2.45, 2.75) is 33.1 Å². The normalized spacial score (nSPS) is 12.1. The molecule has 4 nitrogen and oxygen atoms in total. The summed E-state index contributed by atoms with van der Waals surface area (Å²) in [5.74, 6) is -0.265. The summed E-state index contributed by atoms with van der Waals surface area (Å²) in [6.45, 7) is 8.40. The Hall–Kier alpha value is -2.49. The predicted octanol–water partition coefficient (Wildman–Crippen LogP) is 3.53. The highest BCUT2D eigenvalue weighted by Crippen LogP contribution is 2.22. The molecule has 1 amide bonds. The summed E-state index contributed by atoms with van der Waals surface area (Å²) in [5.41, 5.74) is 6.18. The first-order chi connectivity index (χ1) is 10.4. The van der Waals surface area contributed by atoms with Crippen LogP contribution in [0.3, 0.4) is 0 Å². The SMILES string of the molecule is C/C(=N\NC(=O)c1cccnc1)c1ccc(C(C)(C)C)cc1. The van der Waals surface area contributed by atoms with Gasteiger partial charge in [0.2, 0.25) is 0 Å². The molecule has 114 valence electrons. The molecule has 0 fully saturated rings. The number of aromatic nitrogens is 1. The van der Waals surface area contributed by atoms with Crippen LogP contribution in [0.5, 0.6) is 0 Å². The number of amides is 1. The quantitative estimate of drug-likeness (QED) is 0.695. The third-order valence-electron chi connectivity index (χ3n) is 3.42. The third kappa shape index (κ3) is 4.01. The van der Waals surface area contributed by atoms with Crippen molar-refractivity contribution >= 4 is 11.6 Å². The minimum absolute atomic E-state index is 0.123. The molecule has 0 aliphatic heterocycles. The Morgan fingerprint density at radius 3 is 2.32 bits per heavy atom. The van der Waals surface area contributed by atoms with Crippen LogP contribution in [0.4, 0.5) is 0 Å². The monoisotopic (exact) mass is 295 g/mol. The van der Waals surface area contributed by atoms with Gasteiger partial charge < -0.3 is 0 Å². The van der Waals surface area contributed by atoms with E-state index in [9.17, 15) is 4.79 Å². The fraction of sp³-hybridized carbons (Fsp3) is 0.278. The molecule has 0 bridgehead atoms. The zero-order chi connectivity index (χ0) is 16.2. The van der Waals surface area contributed by atoms with E-state index in [0.29, 0.717) is 5.56 Å². The van der Waals surface area contributed by atoms with Gasteiger partial charge in [-0.05, 0) is 35.6 Å². The number of rotatable bonds is 3. The molecule has 22 heavy (non-hydrogen) atoms. The molecule has 1 heterocycles. The first kappa shape index (κ1) is 15.9. The van der Waals surface area contributed by atoms with Gasteiger partial charge >= 0.3 is 0 Å². The van der Waals surface area contributed by atoms with E-state index in [2.05, 4.69) is 48.4 Å². The Morgan fingerprint density at radius 2 is 1.77 bits per heavy atom. The number of hydrazone groups is 1. The van der Waals surface area contributed by atoms with Crippen molar-refractivity contribution in [1.82, 2.24) is 10.4 Å². The van der Waals surface area contributed by atoms with Gasteiger partial charge in [-0.2, -0.15) is 5.10 Å². The van der Waals surface area contributed by atoms with Gasteiger partial charge in [0.25, 0.3) is 5.91 Å². The van der Waals surface area contributed by atoms with E-state index in [-0.39, 0.29) is 11.3 Å². The van der Waals surface area contributed by atoms with Crippen molar-refractivity contribution in [2.75, 3.05) is 0 Å². The standard InChI is InChI=1S/C18H21N3O/c1-13(14-7-9-16(10-8-14)18(2,3)4)20-21-17(22)15-6-5-11-19-12-15/h5-12H,1-4H3,(H,21,22)/b20-13+. The molecule has 1 N–H and O–H groups in total. The highest BCUT2D eigenvalue weighted by molar-refractivity contribution is 6.00. The Morgan fingerprint density at radius 1 is 1.09 bits per heavy atom. The average Bonchev–Trinajstić information content (AvgIpc) is 2.52. The van der Waals surface area contributed by atoms with Crippen LogP contribution in [0.15, 0.2) is 53.9 Å². The lowest BCUT2D eigenvalue weighted by atomic mass is 9.86. The van der Waals surface area contributed by atoms with Crippen LogP contribution in [0.1, 0.15) is 49.2 Å². The number of nitrogens with one attached hydrogen (secondary N) is 1. The number of nitrogens with zero attached hydrogens (tertiary/aromatic N) is 2. The second kappa shape index (κ2) is 6.52. The van der Waals surface area contributed by atoms with Crippen molar-refractivity contribution in [1.29, 1.82) is 0 Å². The Kier molecular flexibility index (Phi) is 4.71. The van der Waals surface area contributed by atoms with Crippen molar-refractivity contribution in [3.8, 4) is 0 Å². The van der Waals surface area contributed by atoms with Gasteiger partial charge in [-0.3, -0.25) is 9.78 Å². The van der Waals surface area contributed by atoms with E-state index in [1.807, 2.05) is 19.1 Å². The van der Waals surface area contributed by atoms with Gasteiger partial charge in [0.05, 0.1) is 11.3 Å². The van der Waals surface area contributed by atoms with Crippen LogP contribution >= 0.6 is 0 Å². The molecule has 4 heteroatoms. The minimum atomic E-state index is -0.265. The number of carbonyl (C=O) groups is 1. The van der Waals surface area contributed by atoms with Gasteiger partial charge in [0, 0.05) is 12.4 Å². The van der Waals surface area contributed by atoms with Crippen LogP contribution in [0, 0.1) is 0 Å². The molecule has 0 saturated carbocycles. The van der Waals surface area contributed by atoms with E-state index in [1.165, 1.54) is 11.8 Å². The smallest absolute Gasteiger partial charge is 0.267 e. The molecule has 2 rings (SSSR count). The second-order valence-electron chi connectivity index (χ2n) is 6.21. The molecular formula is C18H21N3O. The van der Waals surface area contributed by atoms with Crippen LogP contribution < -0.4 is 5.43 Å². The maximum Gasteiger partial charge on any atom is 0.272 e. The fourth-order valence-electron chi connectivity index (χ4n) is 1.97. The maximum atomic E-state index is 11.9. The molecular weight excluding hydrogens is 274 g/mol. The van der Waals surface area contributed by atoms with Gasteiger partial charge in [-0.15, -0.1) is 0 Å². The van der Waals surface area contributed by atoms with Crippen LogP contribution in [-0.2, 0) is 5.41 Å². The first-order valence-electron chi connectivity index (χ1n) is 7.23. The lowest BCUT2D eigenvalue weighted by molar-refractivity contribution is 0.0954. The molecule has 1 aromatic carbocycles. The van der Waals surface area contributed by atoms with Crippen LogP contribution in [0.25, 0.3) is 0 Å². The topological polar surface area (TPSA) is 54.4 Å². The second-order valence-corrected chi connectivity index (χ2v) is 6.21. The van der Waals surface area contributed by atoms with Crippen molar-refractivity contribution < 1.29 is 4.79 Å². The molecule has 0 spiro atoms. The van der Waals surface area contributed by atoms with Gasteiger partial charge in [-0.1, -0.05) is 45.0 Å². The van der Waals surface area contributed by atoms with Crippen molar-refractivity contribution in [2.24, 2.45) is 5.10 Å². The zero-order valence-corrected chi connectivity index (χ0v) is 13.4. The lowest BCUT2D eigenvalue weighted by Crippen LogP contribution is -2.19. The highest BCUT2D eigenvalue weighted by atomic mass is 16.2. The molecule has 0 radical (unpaired) electrons. The number of pyridine rings is 1. The van der Waals surface area contributed by atoms with Crippen LogP contribution in [0.2, 0.25) is 0 Å². The summed E-state index contributed by atoms with van der Waals surface area (Å²) in [4.78, 5) is 15.8. The van der Waals surface area contributed by atoms with Crippen molar-refractivity contribution in [3.63, 3.8) is 0 Å². The fourth-order valence-corrected chi connectivity index (χ4v) is 1.97. The summed E-state index contributed by atoms with van der Waals surface area (Å²) in [7, 11) is 0. The average molecular weight is 295 g/mol. The number of hydrogen-bond acceptors (Lipinski definition) is 3. The number of hydrogen-bond donors (Lipinski definition) is 1. The number of benzene rings is 1.